The van der Waals surface area contributed by atoms with Gasteiger partial charge in [0.05, 0.1) is 16.7 Å². The molecule has 8 heteroatoms. The van der Waals surface area contributed by atoms with Crippen LogP contribution in [0.15, 0.2) is 52.1 Å². The van der Waals surface area contributed by atoms with Gasteiger partial charge in [0.1, 0.15) is 5.75 Å². The predicted molar refractivity (Wildman–Crippen MR) is 95.8 cm³/mol. The molecule has 0 aliphatic heterocycles. The number of aromatic nitrogens is 2. The minimum Gasteiger partial charge on any atom is -0.482 e. The van der Waals surface area contributed by atoms with E-state index in [9.17, 15) is 0 Å². The summed E-state index contributed by atoms with van der Waals surface area (Å²) in [6.07, 6.45) is 0. The first-order valence-electron chi connectivity index (χ1n) is 7.17. The highest BCUT2D eigenvalue weighted by Gasteiger charge is 2.10. The van der Waals surface area contributed by atoms with Gasteiger partial charge in [-0.3, -0.25) is 0 Å². The second-order valence-electron chi connectivity index (χ2n) is 4.88. The molecule has 0 aliphatic carbocycles. The molecule has 1 aromatic heterocycles. The summed E-state index contributed by atoms with van der Waals surface area (Å²) in [4.78, 5) is 0. The van der Waals surface area contributed by atoms with Crippen LogP contribution in [0.25, 0.3) is 0 Å². The highest BCUT2D eigenvalue weighted by molar-refractivity contribution is 7.98. The van der Waals surface area contributed by atoms with Gasteiger partial charge in [-0.25, -0.2) is 0 Å². The highest BCUT2D eigenvalue weighted by atomic mass is 35.5. The summed E-state index contributed by atoms with van der Waals surface area (Å²) in [5.41, 5.74) is 1.55. The molecule has 0 bridgehead atoms. The first-order chi connectivity index (χ1) is 12.2. The maximum atomic E-state index is 9.09. The zero-order valence-corrected chi connectivity index (χ0v) is 15.1. The summed E-state index contributed by atoms with van der Waals surface area (Å²) in [7, 11) is 0. The Kier molecular flexibility index (Phi) is 5.82. The van der Waals surface area contributed by atoms with Gasteiger partial charge >= 0.3 is 0 Å². The normalized spacial score (nSPS) is 10.4. The number of benzene rings is 2. The maximum Gasteiger partial charge on any atom is 0.277 e. The molecule has 1 heterocycles. The third kappa shape index (κ3) is 4.67. The van der Waals surface area contributed by atoms with Crippen LogP contribution in [0.1, 0.15) is 17.0 Å². The predicted octanol–water partition coefficient (Wildman–Crippen LogP) is 5.12. The Bertz CT molecular complexity index is 924. The van der Waals surface area contributed by atoms with Gasteiger partial charge in [0, 0.05) is 10.8 Å². The third-order valence-electron chi connectivity index (χ3n) is 3.18. The van der Waals surface area contributed by atoms with Crippen molar-refractivity contribution in [2.45, 2.75) is 17.6 Å². The Morgan fingerprint density at radius 2 is 2.00 bits per heavy atom. The first-order valence-corrected chi connectivity index (χ1v) is 8.91. The van der Waals surface area contributed by atoms with Crippen LogP contribution in [-0.4, -0.2) is 10.2 Å². The number of nitrogens with zero attached hydrogens (tertiary/aromatic N) is 3. The summed E-state index contributed by atoms with van der Waals surface area (Å²) in [6, 6.07) is 14.5. The topological polar surface area (TPSA) is 71.9 Å². The highest BCUT2D eigenvalue weighted by Crippen LogP contribution is 2.28. The van der Waals surface area contributed by atoms with Crippen LogP contribution in [0.2, 0.25) is 10.0 Å². The number of halogens is 2. The molecule has 2 aromatic carbocycles. The zero-order valence-electron chi connectivity index (χ0n) is 12.8. The summed E-state index contributed by atoms with van der Waals surface area (Å²) in [5.74, 6) is 1.39. The van der Waals surface area contributed by atoms with E-state index in [2.05, 4.69) is 16.3 Å². The number of rotatable bonds is 6. The van der Waals surface area contributed by atoms with E-state index in [0.717, 1.165) is 5.56 Å². The number of hydrogen-bond acceptors (Lipinski definition) is 6. The van der Waals surface area contributed by atoms with E-state index in [4.69, 9.17) is 37.6 Å². The molecule has 0 radical (unpaired) electrons. The fourth-order valence-electron chi connectivity index (χ4n) is 1.98. The molecule has 0 fully saturated rings. The van der Waals surface area contributed by atoms with E-state index in [1.54, 1.807) is 24.3 Å². The minimum atomic E-state index is 0.101. The van der Waals surface area contributed by atoms with Crippen molar-refractivity contribution in [2.75, 3.05) is 0 Å². The maximum absolute atomic E-state index is 9.09. The van der Waals surface area contributed by atoms with E-state index in [1.807, 2.05) is 18.2 Å². The fourth-order valence-corrected chi connectivity index (χ4v) is 3.23. The molecule has 5 nitrogen and oxygen atoms in total. The van der Waals surface area contributed by atoms with Crippen LogP contribution in [0, 0.1) is 11.3 Å². The number of nitriles is 1. The molecule has 0 aliphatic rings. The number of thioether (sulfide) groups is 1. The van der Waals surface area contributed by atoms with Crippen molar-refractivity contribution in [1.82, 2.24) is 10.2 Å². The molecule has 3 aromatic rings. The van der Waals surface area contributed by atoms with Crippen LogP contribution in [0.3, 0.4) is 0 Å². The van der Waals surface area contributed by atoms with Crippen molar-refractivity contribution in [3.63, 3.8) is 0 Å². The van der Waals surface area contributed by atoms with Gasteiger partial charge in [-0.15, -0.1) is 10.2 Å². The summed E-state index contributed by atoms with van der Waals surface area (Å²) >= 11 is 13.2. The van der Waals surface area contributed by atoms with Crippen molar-refractivity contribution in [3.05, 3.63) is 69.5 Å². The van der Waals surface area contributed by atoms with E-state index >= 15 is 0 Å². The van der Waals surface area contributed by atoms with Gasteiger partial charge in [-0.05, 0) is 29.8 Å². The minimum absolute atomic E-state index is 0.101. The fraction of sp³-hybridized carbons (Fsp3) is 0.118. The Balaban J connectivity index is 1.58. The first kappa shape index (κ1) is 17.6. The van der Waals surface area contributed by atoms with Crippen molar-refractivity contribution in [2.24, 2.45) is 0 Å². The third-order valence-corrected chi connectivity index (χ3v) is 4.58. The van der Waals surface area contributed by atoms with Gasteiger partial charge in [0.15, 0.2) is 6.61 Å². The van der Waals surface area contributed by atoms with E-state index in [0.29, 0.717) is 38.2 Å². The van der Waals surface area contributed by atoms with E-state index in [-0.39, 0.29) is 6.61 Å². The molecule has 0 atom stereocenters. The molecule has 0 unspecified atom stereocenters. The Morgan fingerprint density at radius 3 is 2.80 bits per heavy atom. The lowest BCUT2D eigenvalue weighted by atomic mass is 10.1. The van der Waals surface area contributed by atoms with Crippen LogP contribution >= 0.6 is 35.0 Å². The standard InChI is InChI=1S/C17H11Cl2N3O2S/c18-13-5-6-15(14(19)7-13)23-9-16-21-22-17(24-16)25-10-12-4-2-1-3-11(12)8-20/h1-7H,9-10H2. The lowest BCUT2D eigenvalue weighted by molar-refractivity contribution is 0.252. The molecular formula is C17H11Cl2N3O2S. The van der Waals surface area contributed by atoms with Gasteiger partial charge in [-0.2, -0.15) is 5.26 Å². The molecule has 0 saturated heterocycles. The van der Waals surface area contributed by atoms with Gasteiger partial charge in [0.2, 0.25) is 0 Å². The zero-order chi connectivity index (χ0) is 17.6. The van der Waals surface area contributed by atoms with Crippen LogP contribution in [-0.2, 0) is 12.4 Å². The average Bonchev–Trinajstić information content (AvgIpc) is 3.07. The quantitative estimate of drug-likeness (QED) is 0.543. The second-order valence-corrected chi connectivity index (χ2v) is 6.65. The largest absolute Gasteiger partial charge is 0.482 e. The van der Waals surface area contributed by atoms with E-state index in [1.165, 1.54) is 11.8 Å². The lowest BCUT2D eigenvalue weighted by Crippen LogP contribution is -1.96. The van der Waals surface area contributed by atoms with Crippen LogP contribution < -0.4 is 4.74 Å². The molecule has 0 saturated carbocycles. The Hall–Kier alpha value is -2.20. The number of hydrogen-bond donors (Lipinski definition) is 0. The monoisotopic (exact) mass is 391 g/mol. The number of ether oxygens (including phenoxy) is 1. The van der Waals surface area contributed by atoms with Crippen LogP contribution in [0.4, 0.5) is 0 Å². The Labute approximate surface area is 158 Å². The second kappa shape index (κ2) is 8.26. The van der Waals surface area contributed by atoms with Crippen molar-refractivity contribution in [3.8, 4) is 11.8 Å². The van der Waals surface area contributed by atoms with Gasteiger partial charge in [-0.1, -0.05) is 53.2 Å². The van der Waals surface area contributed by atoms with Gasteiger partial charge in [0.25, 0.3) is 11.1 Å². The molecule has 0 amide bonds. The Morgan fingerprint density at radius 1 is 1.16 bits per heavy atom. The molecule has 0 N–H and O–H groups in total. The van der Waals surface area contributed by atoms with Crippen molar-refractivity contribution in [1.29, 1.82) is 5.26 Å². The summed E-state index contributed by atoms with van der Waals surface area (Å²) < 4.78 is 11.1. The SMILES string of the molecule is N#Cc1ccccc1CSc1nnc(COc2ccc(Cl)cc2Cl)o1. The molecule has 25 heavy (non-hydrogen) atoms. The molecule has 3 rings (SSSR count). The van der Waals surface area contributed by atoms with Gasteiger partial charge < -0.3 is 9.15 Å². The van der Waals surface area contributed by atoms with E-state index < -0.39 is 0 Å². The van der Waals surface area contributed by atoms with Crippen LogP contribution in [0.5, 0.6) is 5.75 Å². The summed E-state index contributed by atoms with van der Waals surface area (Å²) in [6.45, 7) is 0.101. The molecular weight excluding hydrogens is 381 g/mol. The van der Waals surface area contributed by atoms with Crippen molar-refractivity contribution < 1.29 is 9.15 Å². The molecule has 126 valence electrons. The molecule has 0 spiro atoms. The average molecular weight is 392 g/mol. The van der Waals surface area contributed by atoms with Crippen molar-refractivity contribution >= 4 is 35.0 Å². The smallest absolute Gasteiger partial charge is 0.277 e. The summed E-state index contributed by atoms with van der Waals surface area (Å²) in [5, 5.41) is 18.3. The lowest BCUT2D eigenvalue weighted by Gasteiger charge is -2.05.